The molecular weight excluding hydrogens is 417 g/mol. The van der Waals surface area contributed by atoms with Crippen LogP contribution in [0.3, 0.4) is 0 Å². The third kappa shape index (κ3) is 5.87. The standard InChI is InChI=1S/C14H18Cl3NO8/c1-5-8(23-6(2)19)10(24-7(3)20)12(25-9(5)11(21)22-4)26-13(18)14(15,16)17/h5,8-10,12,18H,1-4H3/t5-,8-,9-,10+,12+/m0/s1. The van der Waals surface area contributed by atoms with Crippen LogP contribution in [0.15, 0.2) is 0 Å². The van der Waals surface area contributed by atoms with Crippen LogP contribution in [-0.2, 0) is 38.1 Å². The summed E-state index contributed by atoms with van der Waals surface area (Å²) in [6.07, 6.45) is -5.27. The number of methoxy groups -OCH3 is 1. The van der Waals surface area contributed by atoms with Gasteiger partial charge in [-0.25, -0.2) is 4.79 Å². The Balaban J connectivity index is 3.25. The molecule has 26 heavy (non-hydrogen) atoms. The number of alkyl halides is 3. The van der Waals surface area contributed by atoms with Crippen LogP contribution in [0.4, 0.5) is 0 Å². The van der Waals surface area contributed by atoms with Gasteiger partial charge < -0.3 is 23.7 Å². The monoisotopic (exact) mass is 433 g/mol. The van der Waals surface area contributed by atoms with Gasteiger partial charge in [0.25, 0.3) is 3.79 Å². The van der Waals surface area contributed by atoms with Crippen LogP contribution < -0.4 is 0 Å². The van der Waals surface area contributed by atoms with Gasteiger partial charge in [0.15, 0.2) is 12.2 Å². The van der Waals surface area contributed by atoms with Crippen molar-refractivity contribution in [2.75, 3.05) is 7.11 Å². The summed E-state index contributed by atoms with van der Waals surface area (Å²) in [6, 6.07) is 0. The number of rotatable bonds is 4. The molecule has 0 radical (unpaired) electrons. The van der Waals surface area contributed by atoms with Crippen LogP contribution in [0, 0.1) is 11.3 Å². The van der Waals surface area contributed by atoms with Gasteiger partial charge >= 0.3 is 17.9 Å². The fraction of sp³-hybridized carbons (Fsp3) is 0.714. The molecule has 1 N–H and O–H groups in total. The minimum absolute atomic E-state index is 0.695. The van der Waals surface area contributed by atoms with E-state index in [9.17, 15) is 14.4 Å². The van der Waals surface area contributed by atoms with E-state index in [0.717, 1.165) is 21.0 Å². The molecule has 1 fully saturated rings. The lowest BCUT2D eigenvalue weighted by Crippen LogP contribution is -2.60. The zero-order valence-corrected chi connectivity index (χ0v) is 16.6. The largest absolute Gasteiger partial charge is 0.467 e. The Morgan fingerprint density at radius 3 is 1.92 bits per heavy atom. The van der Waals surface area contributed by atoms with Crippen molar-refractivity contribution in [1.82, 2.24) is 0 Å². The van der Waals surface area contributed by atoms with Gasteiger partial charge in [0.05, 0.1) is 7.11 Å². The number of ether oxygens (including phenoxy) is 5. The van der Waals surface area contributed by atoms with Crippen LogP contribution in [0.25, 0.3) is 0 Å². The number of hydrogen-bond acceptors (Lipinski definition) is 9. The highest BCUT2D eigenvalue weighted by atomic mass is 35.6. The van der Waals surface area contributed by atoms with Crippen LogP contribution in [0.5, 0.6) is 0 Å². The molecule has 1 rings (SSSR count). The van der Waals surface area contributed by atoms with Gasteiger partial charge in [0.2, 0.25) is 18.3 Å². The molecule has 5 atom stereocenters. The van der Waals surface area contributed by atoms with Crippen LogP contribution in [-0.4, -0.2) is 59.3 Å². The highest BCUT2D eigenvalue weighted by Crippen LogP contribution is 2.34. The van der Waals surface area contributed by atoms with Gasteiger partial charge in [0, 0.05) is 19.8 Å². The average molecular weight is 435 g/mol. The fourth-order valence-electron chi connectivity index (χ4n) is 2.32. The average Bonchev–Trinajstić information content (AvgIpc) is 2.50. The molecule has 1 aliphatic heterocycles. The molecule has 1 saturated heterocycles. The summed E-state index contributed by atoms with van der Waals surface area (Å²) < 4.78 is 23.3. The van der Waals surface area contributed by atoms with Crippen molar-refractivity contribution < 1.29 is 38.1 Å². The zero-order chi connectivity index (χ0) is 20.2. The molecule has 9 nitrogen and oxygen atoms in total. The van der Waals surface area contributed by atoms with E-state index in [0.29, 0.717) is 0 Å². The molecule has 1 heterocycles. The molecule has 0 aliphatic carbocycles. The summed E-state index contributed by atoms with van der Waals surface area (Å²) in [5.74, 6) is -3.83. The van der Waals surface area contributed by atoms with Crippen molar-refractivity contribution in [2.24, 2.45) is 5.92 Å². The molecule has 0 spiro atoms. The summed E-state index contributed by atoms with van der Waals surface area (Å²) in [7, 11) is 1.14. The van der Waals surface area contributed by atoms with E-state index in [4.69, 9.17) is 59.2 Å². The quantitative estimate of drug-likeness (QED) is 0.233. The van der Waals surface area contributed by atoms with E-state index in [-0.39, 0.29) is 0 Å². The zero-order valence-electron chi connectivity index (χ0n) is 14.3. The van der Waals surface area contributed by atoms with Crippen molar-refractivity contribution >= 4 is 58.6 Å². The SMILES string of the molecule is COC(=O)[C@H]1O[C@H](OC(=N)C(Cl)(Cl)Cl)[C@H](OC(C)=O)[C@@H](OC(C)=O)[C@@H]1C. The first kappa shape index (κ1) is 22.8. The minimum atomic E-state index is -2.23. The van der Waals surface area contributed by atoms with E-state index in [1.54, 1.807) is 0 Å². The number of hydrogen-bond donors (Lipinski definition) is 1. The maximum absolute atomic E-state index is 12.0. The van der Waals surface area contributed by atoms with Gasteiger partial charge in [-0.1, -0.05) is 41.7 Å². The topological polar surface area (TPSA) is 121 Å². The minimum Gasteiger partial charge on any atom is -0.467 e. The Morgan fingerprint density at radius 1 is 1.00 bits per heavy atom. The highest BCUT2D eigenvalue weighted by molar-refractivity contribution is 6.76. The van der Waals surface area contributed by atoms with Gasteiger partial charge in [-0.2, -0.15) is 0 Å². The Hall–Kier alpha value is -1.29. The Kier molecular flexibility index (Phi) is 7.94. The predicted octanol–water partition coefficient (Wildman–Crippen LogP) is 1.75. The molecular formula is C14H18Cl3NO8. The van der Waals surface area contributed by atoms with Crippen LogP contribution in [0.2, 0.25) is 0 Å². The second kappa shape index (κ2) is 9.07. The predicted molar refractivity (Wildman–Crippen MR) is 90.1 cm³/mol. The number of carbonyl (C=O) groups excluding carboxylic acids is 3. The van der Waals surface area contributed by atoms with E-state index in [1.807, 2.05) is 0 Å². The molecule has 0 saturated carbocycles. The summed E-state index contributed by atoms with van der Waals surface area (Å²) in [4.78, 5) is 34.9. The number of esters is 3. The molecule has 0 amide bonds. The van der Waals surface area contributed by atoms with E-state index >= 15 is 0 Å². The van der Waals surface area contributed by atoms with Gasteiger partial charge in [0.1, 0.15) is 0 Å². The lowest BCUT2D eigenvalue weighted by Gasteiger charge is -2.42. The summed E-state index contributed by atoms with van der Waals surface area (Å²) >= 11 is 16.7. The normalized spacial score (nSPS) is 28.7. The molecule has 0 aromatic heterocycles. The van der Waals surface area contributed by atoms with Gasteiger partial charge in [-0.15, -0.1) is 0 Å². The molecule has 0 unspecified atom stereocenters. The molecule has 0 bridgehead atoms. The van der Waals surface area contributed by atoms with Gasteiger partial charge in [-0.05, 0) is 0 Å². The highest BCUT2D eigenvalue weighted by Gasteiger charge is 2.52. The van der Waals surface area contributed by atoms with Gasteiger partial charge in [-0.3, -0.25) is 15.0 Å². The summed E-state index contributed by atoms with van der Waals surface area (Å²) in [5.41, 5.74) is 0. The Labute approximate surface area is 164 Å². The molecule has 1 aliphatic rings. The van der Waals surface area contributed by atoms with Crippen molar-refractivity contribution in [3.8, 4) is 0 Å². The molecule has 12 heteroatoms. The van der Waals surface area contributed by atoms with E-state index < -0.39 is 58.1 Å². The first-order chi connectivity index (χ1) is 11.9. The molecule has 148 valence electrons. The fourth-order valence-corrected chi connectivity index (χ4v) is 2.45. The maximum atomic E-state index is 12.0. The number of carbonyl (C=O) groups is 3. The lowest BCUT2D eigenvalue weighted by atomic mass is 9.90. The smallest absolute Gasteiger partial charge is 0.335 e. The molecule has 0 aromatic rings. The molecule has 0 aromatic carbocycles. The maximum Gasteiger partial charge on any atom is 0.335 e. The Bertz CT molecular complexity index is 579. The van der Waals surface area contributed by atoms with Crippen molar-refractivity contribution in [2.45, 2.75) is 49.2 Å². The third-order valence-electron chi connectivity index (χ3n) is 3.40. The van der Waals surface area contributed by atoms with E-state index in [2.05, 4.69) is 4.74 Å². The second-order valence-electron chi connectivity index (χ2n) is 5.40. The first-order valence-electron chi connectivity index (χ1n) is 7.28. The lowest BCUT2D eigenvalue weighted by molar-refractivity contribution is -0.270. The van der Waals surface area contributed by atoms with Crippen molar-refractivity contribution in [3.63, 3.8) is 0 Å². The Morgan fingerprint density at radius 2 is 1.50 bits per heavy atom. The van der Waals surface area contributed by atoms with Crippen LogP contribution in [0.1, 0.15) is 20.8 Å². The van der Waals surface area contributed by atoms with Crippen molar-refractivity contribution in [1.29, 1.82) is 5.41 Å². The van der Waals surface area contributed by atoms with Crippen LogP contribution >= 0.6 is 34.8 Å². The number of nitrogens with one attached hydrogen (secondary N) is 1. The summed E-state index contributed by atoms with van der Waals surface area (Å²) in [5, 5.41) is 7.66. The number of halogens is 3. The third-order valence-corrected chi connectivity index (χ3v) is 3.91. The van der Waals surface area contributed by atoms with E-state index in [1.165, 1.54) is 6.92 Å². The second-order valence-corrected chi connectivity index (χ2v) is 7.68. The summed E-state index contributed by atoms with van der Waals surface area (Å²) in [6.45, 7) is 3.78. The first-order valence-corrected chi connectivity index (χ1v) is 8.42. The van der Waals surface area contributed by atoms with Crippen molar-refractivity contribution in [3.05, 3.63) is 0 Å².